The van der Waals surface area contributed by atoms with Gasteiger partial charge in [0, 0.05) is 18.4 Å². The molecule has 0 spiro atoms. The van der Waals surface area contributed by atoms with Gasteiger partial charge in [0.15, 0.2) is 0 Å². The molecule has 3 rings (SSSR count). The van der Waals surface area contributed by atoms with Crippen LogP contribution in [0.15, 0.2) is 48.5 Å². The molecule has 1 atom stereocenters. The number of amides is 1. The zero-order valence-corrected chi connectivity index (χ0v) is 12.8. The van der Waals surface area contributed by atoms with E-state index in [4.69, 9.17) is 16.7 Å². The normalized spacial score (nSPS) is 11.7. The minimum absolute atomic E-state index is 0.242. The summed E-state index contributed by atoms with van der Waals surface area (Å²) in [6, 6.07) is 14.4. The Morgan fingerprint density at radius 1 is 1.14 bits per heavy atom. The molecule has 2 N–H and O–H groups in total. The molecule has 0 aromatic heterocycles. The molecule has 5 heteroatoms. The molecule has 0 saturated carbocycles. The zero-order valence-electron chi connectivity index (χ0n) is 12.0. The predicted molar refractivity (Wildman–Crippen MR) is 85.8 cm³/mol. The Morgan fingerprint density at radius 2 is 1.73 bits per heavy atom. The lowest BCUT2D eigenvalue weighted by Crippen LogP contribution is -2.41. The van der Waals surface area contributed by atoms with E-state index in [0.717, 1.165) is 5.56 Å². The lowest BCUT2D eigenvalue weighted by atomic mass is 10.1. The van der Waals surface area contributed by atoms with E-state index in [9.17, 15) is 9.59 Å². The molecule has 1 aromatic carbocycles. The second kappa shape index (κ2) is 7.09. The van der Waals surface area contributed by atoms with Crippen LogP contribution in [0.25, 0.3) is 11.1 Å². The largest absolute Gasteiger partial charge is 0.480 e. The van der Waals surface area contributed by atoms with Gasteiger partial charge in [0.2, 0.25) is 5.91 Å². The van der Waals surface area contributed by atoms with Gasteiger partial charge in [0.25, 0.3) is 0 Å². The van der Waals surface area contributed by atoms with Crippen molar-refractivity contribution in [2.24, 2.45) is 0 Å². The van der Waals surface area contributed by atoms with Crippen molar-refractivity contribution < 1.29 is 14.7 Å². The van der Waals surface area contributed by atoms with E-state index in [1.54, 1.807) is 24.3 Å². The molecule has 0 bridgehead atoms. The van der Waals surface area contributed by atoms with E-state index in [2.05, 4.69) is 29.6 Å². The number of halogens is 1. The number of hydrogen-bond donors (Lipinski definition) is 2. The molecule has 1 amide bonds. The summed E-state index contributed by atoms with van der Waals surface area (Å²) in [5.41, 5.74) is 3.66. The van der Waals surface area contributed by atoms with Crippen molar-refractivity contribution in [3.63, 3.8) is 0 Å². The lowest BCUT2D eigenvalue weighted by molar-refractivity contribution is -0.141. The first-order valence-corrected chi connectivity index (χ1v) is 7.18. The third kappa shape index (κ3) is 4.90. The van der Waals surface area contributed by atoms with Crippen LogP contribution in [0.1, 0.15) is 12.5 Å². The molecular formula is C17H16ClNO3. The summed E-state index contributed by atoms with van der Waals surface area (Å²) in [5.74, 6) is -1.41. The number of nitrogens with one attached hydrogen (secondary N) is 1. The first-order valence-electron chi connectivity index (χ1n) is 6.80. The highest BCUT2D eigenvalue weighted by Gasteiger charge is 2.18. The van der Waals surface area contributed by atoms with E-state index in [1.165, 1.54) is 18.1 Å². The van der Waals surface area contributed by atoms with Crippen molar-refractivity contribution in [3.05, 3.63) is 59.1 Å². The molecule has 1 unspecified atom stereocenters. The van der Waals surface area contributed by atoms with Crippen LogP contribution < -0.4 is 5.32 Å². The smallest absolute Gasteiger partial charge is 0.326 e. The van der Waals surface area contributed by atoms with Crippen molar-refractivity contribution >= 4 is 23.5 Å². The summed E-state index contributed by atoms with van der Waals surface area (Å²) < 4.78 is 0. The number of carbonyl (C=O) groups excluding carboxylic acids is 1. The van der Waals surface area contributed by atoms with Gasteiger partial charge in [-0.2, -0.15) is 0 Å². The second-order valence-electron chi connectivity index (χ2n) is 5.00. The van der Waals surface area contributed by atoms with Crippen molar-refractivity contribution in [1.29, 1.82) is 0 Å². The van der Waals surface area contributed by atoms with Gasteiger partial charge < -0.3 is 10.4 Å². The first-order chi connectivity index (χ1) is 10.5. The quantitative estimate of drug-likeness (QED) is 0.777. The Morgan fingerprint density at radius 3 is 2.09 bits per heavy atom. The molecule has 0 radical (unpaired) electrons. The monoisotopic (exact) mass is 317 g/mol. The van der Waals surface area contributed by atoms with Gasteiger partial charge >= 0.3 is 5.97 Å². The molecule has 0 aliphatic heterocycles. The molecule has 0 heterocycles. The van der Waals surface area contributed by atoms with Crippen LogP contribution in [0.5, 0.6) is 0 Å². The maximum Gasteiger partial charge on any atom is 0.326 e. The minimum Gasteiger partial charge on any atom is -0.480 e. The van der Waals surface area contributed by atoms with E-state index in [1.807, 2.05) is 0 Å². The van der Waals surface area contributed by atoms with Gasteiger partial charge in [-0.3, -0.25) is 4.79 Å². The number of carboxylic acid groups (broad SMARTS) is 1. The summed E-state index contributed by atoms with van der Waals surface area (Å²) in [5, 5.41) is 11.9. The lowest BCUT2D eigenvalue weighted by Gasteiger charge is -2.13. The molecule has 0 saturated heterocycles. The number of benzene rings is 2. The fourth-order valence-electron chi connectivity index (χ4n) is 1.98. The summed E-state index contributed by atoms with van der Waals surface area (Å²) >= 11 is 5.71. The van der Waals surface area contributed by atoms with E-state index in [0.29, 0.717) is 5.02 Å². The Balaban J connectivity index is 0.000000238. The fourth-order valence-corrected chi connectivity index (χ4v) is 2.10. The van der Waals surface area contributed by atoms with Crippen LogP contribution in [0, 0.1) is 0 Å². The van der Waals surface area contributed by atoms with Crippen LogP contribution >= 0.6 is 11.6 Å². The standard InChI is InChI=1S/C11H12ClNO3.C6H4/c1-7(14)13-10(11(15)16)6-8-2-4-9(12)5-3-8;1-2-5-4-6(5)3-1/h2-5,10H,6H2,1H3,(H,13,14)(H,15,16);1-4H. The van der Waals surface area contributed by atoms with Gasteiger partial charge in [-0.05, 0) is 34.9 Å². The van der Waals surface area contributed by atoms with Crippen molar-refractivity contribution in [2.45, 2.75) is 19.4 Å². The van der Waals surface area contributed by atoms with E-state index in [-0.39, 0.29) is 12.3 Å². The number of hydrogen-bond acceptors (Lipinski definition) is 2. The molecular weight excluding hydrogens is 302 g/mol. The summed E-state index contributed by atoms with van der Waals surface area (Å²) in [7, 11) is 0. The van der Waals surface area contributed by atoms with E-state index < -0.39 is 12.0 Å². The van der Waals surface area contributed by atoms with Gasteiger partial charge in [0.05, 0.1) is 0 Å². The fraction of sp³-hybridized carbons (Fsp3) is 0.176. The van der Waals surface area contributed by atoms with Crippen LogP contribution in [0.4, 0.5) is 0 Å². The van der Waals surface area contributed by atoms with Crippen molar-refractivity contribution in [2.75, 3.05) is 0 Å². The Kier molecular flexibility index (Phi) is 5.17. The van der Waals surface area contributed by atoms with Crippen molar-refractivity contribution in [1.82, 2.24) is 5.32 Å². The third-order valence-electron chi connectivity index (χ3n) is 3.14. The third-order valence-corrected chi connectivity index (χ3v) is 3.39. The summed E-state index contributed by atoms with van der Waals surface area (Å²) in [6.45, 7) is 1.29. The number of aliphatic carboxylic acids is 1. The summed E-state index contributed by atoms with van der Waals surface area (Å²) in [6.07, 6.45) is 0.242. The highest BCUT2D eigenvalue weighted by molar-refractivity contribution is 6.30. The average Bonchev–Trinajstić information content (AvgIpc) is 3.07. The summed E-state index contributed by atoms with van der Waals surface area (Å²) in [4.78, 5) is 21.7. The van der Waals surface area contributed by atoms with Crippen LogP contribution in [0.3, 0.4) is 0 Å². The Labute approximate surface area is 133 Å². The minimum atomic E-state index is -1.05. The SMILES string of the molecule is CC(=O)NC(Cc1ccc(Cl)cc1)C(=O)O.c1cc2cc-2c1. The molecule has 2 aliphatic carbocycles. The number of carboxylic acids is 1. The number of carbonyl (C=O) groups is 2. The van der Waals surface area contributed by atoms with Gasteiger partial charge in [-0.25, -0.2) is 4.79 Å². The average molecular weight is 318 g/mol. The van der Waals surface area contributed by atoms with Gasteiger partial charge in [-0.1, -0.05) is 41.9 Å². The Bertz CT molecular complexity index is 665. The van der Waals surface area contributed by atoms with Crippen LogP contribution in [-0.2, 0) is 16.0 Å². The van der Waals surface area contributed by atoms with Gasteiger partial charge in [-0.15, -0.1) is 0 Å². The number of fused-ring (bicyclic) bond motifs is 1. The molecule has 0 fully saturated rings. The van der Waals surface area contributed by atoms with Crippen LogP contribution in [0.2, 0.25) is 5.02 Å². The molecule has 4 nitrogen and oxygen atoms in total. The van der Waals surface area contributed by atoms with Gasteiger partial charge in [0.1, 0.15) is 6.04 Å². The highest BCUT2D eigenvalue weighted by Crippen LogP contribution is 2.32. The number of rotatable bonds is 4. The maximum absolute atomic E-state index is 10.9. The topological polar surface area (TPSA) is 66.4 Å². The molecule has 22 heavy (non-hydrogen) atoms. The second-order valence-corrected chi connectivity index (χ2v) is 5.44. The first kappa shape index (κ1) is 16.0. The van der Waals surface area contributed by atoms with Crippen LogP contribution in [-0.4, -0.2) is 23.0 Å². The van der Waals surface area contributed by atoms with E-state index >= 15 is 0 Å². The predicted octanol–water partition coefficient (Wildman–Crippen LogP) is 3.14. The zero-order chi connectivity index (χ0) is 16.1. The molecule has 2 aliphatic rings. The molecule has 1 aromatic rings. The highest BCUT2D eigenvalue weighted by atomic mass is 35.5. The maximum atomic E-state index is 10.9. The van der Waals surface area contributed by atoms with Crippen molar-refractivity contribution in [3.8, 4) is 11.1 Å². The Hall–Kier alpha value is -2.33. The molecule has 114 valence electrons.